The molecule has 0 unspecified atom stereocenters. The van der Waals surface area contributed by atoms with E-state index in [4.69, 9.17) is 0 Å². The Balaban J connectivity index is 1.08. The van der Waals surface area contributed by atoms with Gasteiger partial charge in [-0.3, -0.25) is 0 Å². The van der Waals surface area contributed by atoms with Crippen LogP contribution >= 0.6 is 0 Å². The van der Waals surface area contributed by atoms with Crippen LogP contribution in [0.5, 0.6) is 0 Å². The molecule has 68 heavy (non-hydrogen) atoms. The maximum absolute atomic E-state index is 2.51. The average Bonchev–Trinajstić information content (AvgIpc) is 3.40. The van der Waals surface area contributed by atoms with E-state index in [2.05, 4.69) is 243 Å². The van der Waals surface area contributed by atoms with Crippen LogP contribution < -0.4 is 0 Å². The Morgan fingerprint density at radius 1 is 0.162 bits per heavy atom. The van der Waals surface area contributed by atoms with Crippen LogP contribution in [0.4, 0.5) is 0 Å². The van der Waals surface area contributed by atoms with Gasteiger partial charge in [-0.15, -0.1) is 0 Å². The highest BCUT2D eigenvalue weighted by Crippen LogP contribution is 2.51. The first-order chi connectivity index (χ1) is 33.7. The van der Waals surface area contributed by atoms with Crippen LogP contribution in [0, 0.1) is 0 Å². The SMILES string of the molecule is c1ccc2cc(-c3cc(-c4c(-c5ccc6ccc7cccc8ccc5c6c78)cc5ccccc5c4-c4ccc5ccccc5c4)ccc3-c3ccc4ccc5cccc6ccc3c4c56)ccc2c1. The average molecular weight is 857 g/mol. The fourth-order valence-electron chi connectivity index (χ4n) is 12.0. The van der Waals surface area contributed by atoms with Crippen LogP contribution in [0.3, 0.4) is 0 Å². The summed E-state index contributed by atoms with van der Waals surface area (Å²) in [6.07, 6.45) is 0. The predicted molar refractivity (Wildman–Crippen MR) is 294 cm³/mol. The highest BCUT2D eigenvalue weighted by atomic mass is 14.3. The number of rotatable bonds is 5. The zero-order valence-corrected chi connectivity index (χ0v) is 37.1. The van der Waals surface area contributed by atoms with Gasteiger partial charge in [0.05, 0.1) is 0 Å². The molecule has 0 aliphatic carbocycles. The van der Waals surface area contributed by atoms with Crippen molar-refractivity contribution in [2.24, 2.45) is 0 Å². The number of hydrogen-bond donors (Lipinski definition) is 0. The molecule has 0 saturated heterocycles. The van der Waals surface area contributed by atoms with Crippen molar-refractivity contribution in [2.45, 2.75) is 0 Å². The predicted octanol–water partition coefficient (Wildman–Crippen LogP) is 19.3. The molecule has 0 nitrogen and oxygen atoms in total. The zero-order chi connectivity index (χ0) is 44.5. The van der Waals surface area contributed by atoms with Gasteiger partial charge in [-0.05, 0) is 177 Å². The summed E-state index contributed by atoms with van der Waals surface area (Å²) in [7, 11) is 0. The van der Waals surface area contributed by atoms with Gasteiger partial charge in [0, 0.05) is 0 Å². The smallest absolute Gasteiger partial charge is 0.00199 e. The van der Waals surface area contributed by atoms with E-state index < -0.39 is 0 Å². The van der Waals surface area contributed by atoms with Crippen LogP contribution in [-0.4, -0.2) is 0 Å². The molecule has 0 heterocycles. The molecule has 0 heteroatoms. The third kappa shape index (κ3) is 5.49. The van der Waals surface area contributed by atoms with Gasteiger partial charge in [0.15, 0.2) is 0 Å². The molecule has 0 bridgehead atoms. The Morgan fingerprint density at radius 3 is 1.16 bits per heavy atom. The van der Waals surface area contributed by atoms with Crippen molar-refractivity contribution in [1.82, 2.24) is 0 Å². The maximum atomic E-state index is 2.51. The lowest BCUT2D eigenvalue weighted by molar-refractivity contribution is 1.58. The van der Waals surface area contributed by atoms with E-state index >= 15 is 0 Å². The van der Waals surface area contributed by atoms with E-state index in [-0.39, 0.29) is 0 Å². The molecule has 0 atom stereocenters. The molecule has 15 rings (SSSR count). The summed E-state index contributed by atoms with van der Waals surface area (Å²) in [5, 5.41) is 22.9. The molecule has 0 fully saturated rings. The normalized spacial score (nSPS) is 12.1. The van der Waals surface area contributed by atoms with Gasteiger partial charge in [-0.25, -0.2) is 0 Å². The molecule has 15 aromatic carbocycles. The van der Waals surface area contributed by atoms with Crippen molar-refractivity contribution >= 4 is 97.0 Å². The Hall–Kier alpha value is -8.84. The number of benzene rings is 15. The van der Waals surface area contributed by atoms with Crippen LogP contribution in [0.1, 0.15) is 0 Å². The quantitative estimate of drug-likeness (QED) is 0.151. The van der Waals surface area contributed by atoms with E-state index in [0.29, 0.717) is 0 Å². The molecule has 0 aliphatic rings. The Kier molecular flexibility index (Phi) is 7.88. The highest BCUT2D eigenvalue weighted by molar-refractivity contribution is 6.28. The van der Waals surface area contributed by atoms with Gasteiger partial charge < -0.3 is 0 Å². The summed E-state index contributed by atoms with van der Waals surface area (Å²) >= 11 is 0. The van der Waals surface area contributed by atoms with Crippen LogP contribution in [0.15, 0.2) is 243 Å². The lowest BCUT2D eigenvalue weighted by Crippen LogP contribution is -1.96. The molecule has 0 N–H and O–H groups in total. The van der Waals surface area contributed by atoms with E-state index in [1.807, 2.05) is 0 Å². The van der Waals surface area contributed by atoms with Crippen molar-refractivity contribution in [1.29, 1.82) is 0 Å². The van der Waals surface area contributed by atoms with Gasteiger partial charge >= 0.3 is 0 Å². The lowest BCUT2D eigenvalue weighted by atomic mass is 9.80. The van der Waals surface area contributed by atoms with Gasteiger partial charge in [-0.1, -0.05) is 218 Å². The summed E-state index contributed by atoms with van der Waals surface area (Å²) in [5.41, 5.74) is 12.2. The largest absolute Gasteiger partial charge is 0.0616 e. The molecule has 15 aromatic rings. The first-order valence-corrected chi connectivity index (χ1v) is 23.7. The standard InChI is InChI=1S/C68H40/c1-3-11-49-37-52(25-19-41(49)9-1)61-40-54(31-34-57(61)56-32-27-47-23-21-43-14-7-16-45-29-35-59(56)65(47)63(43)45)68-62(58-33-28-48-24-22-44-15-8-17-46-30-36-60(58)66(48)64(44)46)39-51-13-5-6-18-55(51)67(68)53-26-20-42-10-2-4-12-50(42)38-53/h1-40H. The first kappa shape index (κ1) is 37.4. The summed E-state index contributed by atoms with van der Waals surface area (Å²) in [6, 6.07) is 91.6. The molecule has 0 spiro atoms. The minimum atomic E-state index is 1.18. The van der Waals surface area contributed by atoms with Crippen molar-refractivity contribution in [3.8, 4) is 55.6 Å². The molecule has 0 aliphatic heterocycles. The summed E-state index contributed by atoms with van der Waals surface area (Å²) in [4.78, 5) is 0. The topological polar surface area (TPSA) is 0 Å². The molecule has 0 aromatic heterocycles. The van der Waals surface area contributed by atoms with Gasteiger partial charge in [0.2, 0.25) is 0 Å². The van der Waals surface area contributed by atoms with Gasteiger partial charge in [-0.2, -0.15) is 0 Å². The number of fused-ring (bicyclic) bond motifs is 3. The Labute approximate surface area is 393 Å². The van der Waals surface area contributed by atoms with Gasteiger partial charge in [0.25, 0.3) is 0 Å². The summed E-state index contributed by atoms with van der Waals surface area (Å²) < 4.78 is 0. The minimum absolute atomic E-state index is 1.18. The lowest BCUT2D eigenvalue weighted by Gasteiger charge is -2.23. The second-order valence-electron chi connectivity index (χ2n) is 18.7. The van der Waals surface area contributed by atoms with Crippen LogP contribution in [-0.2, 0) is 0 Å². The van der Waals surface area contributed by atoms with Crippen molar-refractivity contribution < 1.29 is 0 Å². The number of hydrogen-bond acceptors (Lipinski definition) is 0. The van der Waals surface area contributed by atoms with E-state index in [0.717, 1.165) is 0 Å². The summed E-state index contributed by atoms with van der Waals surface area (Å²) in [6.45, 7) is 0. The fraction of sp³-hybridized carbons (Fsp3) is 0. The van der Waals surface area contributed by atoms with Crippen LogP contribution in [0.25, 0.3) is 153 Å². The third-order valence-electron chi connectivity index (χ3n) is 15.1. The molecule has 0 radical (unpaired) electrons. The van der Waals surface area contributed by atoms with E-state index in [1.165, 1.54) is 153 Å². The fourth-order valence-corrected chi connectivity index (χ4v) is 12.0. The third-order valence-corrected chi connectivity index (χ3v) is 15.1. The molecular weight excluding hydrogens is 817 g/mol. The Bertz CT molecular complexity index is 4520. The molecule has 0 amide bonds. The van der Waals surface area contributed by atoms with Crippen LogP contribution in [0.2, 0.25) is 0 Å². The van der Waals surface area contributed by atoms with E-state index in [9.17, 15) is 0 Å². The first-order valence-electron chi connectivity index (χ1n) is 23.7. The minimum Gasteiger partial charge on any atom is -0.0616 e. The second-order valence-corrected chi connectivity index (χ2v) is 18.7. The molecular formula is C68H40. The van der Waals surface area contributed by atoms with Crippen molar-refractivity contribution in [3.63, 3.8) is 0 Å². The monoisotopic (exact) mass is 856 g/mol. The Morgan fingerprint density at radius 2 is 0.559 bits per heavy atom. The second kappa shape index (κ2) is 14.3. The van der Waals surface area contributed by atoms with Gasteiger partial charge in [0.1, 0.15) is 0 Å². The molecule has 0 saturated carbocycles. The van der Waals surface area contributed by atoms with E-state index in [1.54, 1.807) is 0 Å². The molecule has 312 valence electrons. The van der Waals surface area contributed by atoms with Crippen molar-refractivity contribution in [3.05, 3.63) is 243 Å². The zero-order valence-electron chi connectivity index (χ0n) is 37.1. The maximum Gasteiger partial charge on any atom is -0.00199 e. The highest BCUT2D eigenvalue weighted by Gasteiger charge is 2.24. The summed E-state index contributed by atoms with van der Waals surface area (Å²) in [5.74, 6) is 0. The van der Waals surface area contributed by atoms with Crippen molar-refractivity contribution in [2.75, 3.05) is 0 Å².